The summed E-state index contributed by atoms with van der Waals surface area (Å²) in [4.78, 5) is 11.9. The van der Waals surface area contributed by atoms with Gasteiger partial charge in [-0.05, 0) is 32.0 Å². The van der Waals surface area contributed by atoms with Gasteiger partial charge in [-0.2, -0.15) is 17.5 Å². The molecule has 0 unspecified atom stereocenters. The number of carbonyl (C=O) groups is 1. The fourth-order valence-corrected chi connectivity index (χ4v) is 3.38. The summed E-state index contributed by atoms with van der Waals surface area (Å²) < 4.78 is 62.4. The van der Waals surface area contributed by atoms with Gasteiger partial charge in [0.2, 0.25) is 15.9 Å². The van der Waals surface area contributed by atoms with Gasteiger partial charge in [-0.25, -0.2) is 8.42 Å². The van der Waals surface area contributed by atoms with Crippen LogP contribution in [0, 0.1) is 0 Å². The summed E-state index contributed by atoms with van der Waals surface area (Å²) in [7, 11) is -3.49. The lowest BCUT2D eigenvalue weighted by molar-refractivity contribution is -0.137. The predicted octanol–water partition coefficient (Wildman–Crippen LogP) is 3.36. The molecule has 1 N–H and O–H groups in total. The van der Waals surface area contributed by atoms with Crippen LogP contribution in [0.4, 0.5) is 18.9 Å². The molecule has 24 heavy (non-hydrogen) atoms. The van der Waals surface area contributed by atoms with Crippen molar-refractivity contribution in [3.8, 4) is 0 Å². The van der Waals surface area contributed by atoms with E-state index >= 15 is 0 Å². The number of carbonyl (C=O) groups excluding carboxylic acids is 1. The first-order chi connectivity index (χ1) is 10.8. The molecule has 0 aliphatic carbocycles. The minimum atomic E-state index is -4.56. The van der Waals surface area contributed by atoms with E-state index in [1.54, 1.807) is 13.8 Å². The number of alkyl halides is 3. The van der Waals surface area contributed by atoms with E-state index in [0.29, 0.717) is 0 Å². The minimum absolute atomic E-state index is 0.0415. The summed E-state index contributed by atoms with van der Waals surface area (Å²) in [5.74, 6) is -0.634. The van der Waals surface area contributed by atoms with Crippen LogP contribution in [0.5, 0.6) is 0 Å². The van der Waals surface area contributed by atoms with Gasteiger partial charge in [0.25, 0.3) is 0 Å². The molecule has 0 heterocycles. The highest BCUT2D eigenvalue weighted by molar-refractivity contribution is 7.88. The Bertz CT molecular complexity index is 706. The van der Waals surface area contributed by atoms with Crippen LogP contribution in [0.2, 0.25) is 5.02 Å². The van der Waals surface area contributed by atoms with Crippen molar-refractivity contribution in [2.24, 2.45) is 0 Å². The predicted molar refractivity (Wildman–Crippen MR) is 86.4 cm³/mol. The zero-order valence-electron chi connectivity index (χ0n) is 13.3. The van der Waals surface area contributed by atoms with Crippen molar-refractivity contribution in [1.82, 2.24) is 4.31 Å². The summed E-state index contributed by atoms with van der Waals surface area (Å²) in [6.07, 6.45) is -3.75. The number of benzene rings is 1. The summed E-state index contributed by atoms with van der Waals surface area (Å²) in [5.41, 5.74) is -1.12. The highest BCUT2D eigenvalue weighted by Gasteiger charge is 2.31. The van der Waals surface area contributed by atoms with E-state index in [-0.39, 0.29) is 29.7 Å². The Hall–Kier alpha value is -1.32. The molecule has 0 aromatic heterocycles. The Morgan fingerprint density at radius 2 is 1.92 bits per heavy atom. The van der Waals surface area contributed by atoms with Crippen molar-refractivity contribution in [1.29, 1.82) is 0 Å². The van der Waals surface area contributed by atoms with Gasteiger partial charge < -0.3 is 5.32 Å². The van der Waals surface area contributed by atoms with Gasteiger partial charge in [-0.1, -0.05) is 11.6 Å². The van der Waals surface area contributed by atoms with Gasteiger partial charge in [0, 0.05) is 19.0 Å². The normalized spacial score (nSPS) is 12.7. The van der Waals surface area contributed by atoms with Crippen molar-refractivity contribution in [3.63, 3.8) is 0 Å². The average Bonchev–Trinajstić information content (AvgIpc) is 2.38. The van der Waals surface area contributed by atoms with Crippen LogP contribution in [-0.2, 0) is 21.0 Å². The smallest absolute Gasteiger partial charge is 0.325 e. The third-order valence-electron chi connectivity index (χ3n) is 3.13. The monoisotopic (exact) mass is 386 g/mol. The summed E-state index contributed by atoms with van der Waals surface area (Å²) >= 11 is 5.79. The van der Waals surface area contributed by atoms with Crippen LogP contribution < -0.4 is 5.32 Å². The number of nitrogens with one attached hydrogen (secondary N) is 1. The molecule has 1 aromatic carbocycles. The standard InChI is InChI=1S/C14H18ClF3N2O3S/c1-9(2)20(24(3,22)23)7-6-13(21)19-12-8-10(14(16,17)18)4-5-11(12)15/h4-5,8-9H,6-7H2,1-3H3,(H,19,21). The maximum Gasteiger partial charge on any atom is 0.416 e. The second-order valence-corrected chi connectivity index (χ2v) is 7.80. The van der Waals surface area contributed by atoms with Crippen molar-refractivity contribution in [2.45, 2.75) is 32.5 Å². The molecule has 0 spiro atoms. The number of halogens is 4. The van der Waals surface area contributed by atoms with Crippen LogP contribution in [0.3, 0.4) is 0 Å². The van der Waals surface area contributed by atoms with Gasteiger partial charge in [-0.15, -0.1) is 0 Å². The molecule has 5 nitrogen and oxygen atoms in total. The zero-order valence-corrected chi connectivity index (χ0v) is 14.9. The molecular formula is C14H18ClF3N2O3S. The number of rotatable bonds is 6. The first kappa shape index (κ1) is 20.7. The molecular weight excluding hydrogens is 369 g/mol. The third-order valence-corrected chi connectivity index (χ3v) is 4.91. The first-order valence-corrected chi connectivity index (χ1v) is 9.18. The molecule has 0 saturated heterocycles. The van der Waals surface area contributed by atoms with E-state index in [1.807, 2.05) is 0 Å². The SMILES string of the molecule is CC(C)N(CCC(=O)Nc1cc(C(F)(F)F)ccc1Cl)S(C)(=O)=O. The van der Waals surface area contributed by atoms with Crippen LogP contribution in [0.15, 0.2) is 18.2 Å². The molecule has 1 rings (SSSR count). The zero-order chi connectivity index (χ0) is 18.7. The molecule has 136 valence electrons. The lowest BCUT2D eigenvalue weighted by atomic mass is 10.2. The molecule has 0 aliphatic rings. The maximum atomic E-state index is 12.7. The van der Waals surface area contributed by atoms with Gasteiger partial charge in [0.1, 0.15) is 0 Å². The summed E-state index contributed by atoms with van der Waals surface area (Å²) in [5, 5.41) is 2.23. The topological polar surface area (TPSA) is 66.5 Å². The van der Waals surface area contributed by atoms with Crippen LogP contribution in [0.1, 0.15) is 25.8 Å². The lowest BCUT2D eigenvalue weighted by Gasteiger charge is -2.23. The highest BCUT2D eigenvalue weighted by atomic mass is 35.5. The lowest BCUT2D eigenvalue weighted by Crippen LogP contribution is -2.38. The molecule has 0 saturated carbocycles. The van der Waals surface area contributed by atoms with E-state index in [2.05, 4.69) is 5.32 Å². The summed E-state index contributed by atoms with van der Waals surface area (Å²) in [6.45, 7) is 3.23. The van der Waals surface area contributed by atoms with Crippen LogP contribution >= 0.6 is 11.6 Å². The van der Waals surface area contributed by atoms with E-state index in [0.717, 1.165) is 28.8 Å². The van der Waals surface area contributed by atoms with Crippen molar-refractivity contribution in [2.75, 3.05) is 18.1 Å². The average molecular weight is 387 g/mol. The molecule has 0 bridgehead atoms. The molecule has 0 fully saturated rings. The fraction of sp³-hybridized carbons (Fsp3) is 0.500. The summed E-state index contributed by atoms with van der Waals surface area (Å²) in [6, 6.07) is 2.24. The van der Waals surface area contributed by atoms with Gasteiger partial charge >= 0.3 is 6.18 Å². The Labute approximate surface area is 143 Å². The van der Waals surface area contributed by atoms with E-state index in [9.17, 15) is 26.4 Å². The van der Waals surface area contributed by atoms with Gasteiger partial charge in [0.05, 0.1) is 22.5 Å². The molecule has 10 heteroatoms. The van der Waals surface area contributed by atoms with Gasteiger partial charge in [-0.3, -0.25) is 4.79 Å². The van der Waals surface area contributed by atoms with Crippen LogP contribution in [-0.4, -0.2) is 37.5 Å². The number of anilines is 1. The maximum absolute atomic E-state index is 12.7. The Kier molecular flexibility index (Phi) is 6.66. The van der Waals surface area contributed by atoms with Crippen molar-refractivity contribution in [3.05, 3.63) is 28.8 Å². The Morgan fingerprint density at radius 3 is 2.38 bits per heavy atom. The van der Waals surface area contributed by atoms with E-state index in [1.165, 1.54) is 0 Å². The highest BCUT2D eigenvalue weighted by Crippen LogP contribution is 2.33. The van der Waals surface area contributed by atoms with E-state index in [4.69, 9.17) is 11.6 Å². The number of hydrogen-bond donors (Lipinski definition) is 1. The fourth-order valence-electron chi connectivity index (χ4n) is 2.03. The molecule has 0 radical (unpaired) electrons. The molecule has 0 aliphatic heterocycles. The number of amides is 1. The van der Waals surface area contributed by atoms with Gasteiger partial charge in [0.15, 0.2) is 0 Å². The van der Waals surface area contributed by atoms with Crippen LogP contribution in [0.25, 0.3) is 0 Å². The number of nitrogens with zero attached hydrogens (tertiary/aromatic N) is 1. The van der Waals surface area contributed by atoms with E-state index < -0.39 is 27.7 Å². The quantitative estimate of drug-likeness (QED) is 0.815. The van der Waals surface area contributed by atoms with Crippen molar-refractivity contribution >= 4 is 33.2 Å². The Balaban J connectivity index is 2.82. The second kappa shape index (κ2) is 7.71. The number of hydrogen-bond acceptors (Lipinski definition) is 3. The number of sulfonamides is 1. The minimum Gasteiger partial charge on any atom is -0.325 e. The second-order valence-electron chi connectivity index (χ2n) is 5.46. The third kappa shape index (κ3) is 5.95. The first-order valence-electron chi connectivity index (χ1n) is 6.95. The largest absolute Gasteiger partial charge is 0.416 e. The Morgan fingerprint density at radius 1 is 1.33 bits per heavy atom. The molecule has 1 aromatic rings. The molecule has 0 atom stereocenters. The molecule has 1 amide bonds. The van der Waals surface area contributed by atoms with Crippen molar-refractivity contribution < 1.29 is 26.4 Å².